The van der Waals surface area contributed by atoms with Gasteiger partial charge in [-0.1, -0.05) is 30.3 Å². The lowest BCUT2D eigenvalue weighted by molar-refractivity contribution is 0.0486. The highest BCUT2D eigenvalue weighted by atomic mass is 32.2. The highest BCUT2D eigenvalue weighted by Gasteiger charge is 2.18. The van der Waals surface area contributed by atoms with Gasteiger partial charge in [0, 0.05) is 12.5 Å². The third-order valence-electron chi connectivity index (χ3n) is 2.60. The highest BCUT2D eigenvalue weighted by Crippen LogP contribution is 2.17. The Hall–Kier alpha value is -0.950. The first kappa shape index (κ1) is 16.1. The largest absolute Gasteiger partial charge is 0.379 e. The number of benzene rings is 1. The lowest BCUT2D eigenvalue weighted by Gasteiger charge is -2.16. The van der Waals surface area contributed by atoms with Crippen molar-refractivity contribution in [3.8, 4) is 0 Å². The molecular formula is C13H21NO4S. The van der Waals surface area contributed by atoms with E-state index in [9.17, 15) is 8.42 Å². The van der Waals surface area contributed by atoms with Gasteiger partial charge in [-0.3, -0.25) is 0 Å². The molecule has 1 unspecified atom stereocenters. The number of primary sulfonamides is 1. The Labute approximate surface area is 114 Å². The minimum absolute atomic E-state index is 0.119. The number of nitrogens with two attached hydrogens (primary N) is 1. The zero-order chi connectivity index (χ0) is 14.1. The van der Waals surface area contributed by atoms with Crippen LogP contribution >= 0.6 is 0 Å². The third kappa shape index (κ3) is 7.27. The van der Waals surface area contributed by atoms with Crippen molar-refractivity contribution in [2.24, 2.45) is 5.14 Å². The van der Waals surface area contributed by atoms with Crippen LogP contribution in [0.3, 0.4) is 0 Å². The van der Waals surface area contributed by atoms with Crippen LogP contribution < -0.4 is 5.14 Å². The first-order chi connectivity index (χ1) is 9.03. The van der Waals surface area contributed by atoms with Crippen molar-refractivity contribution < 1.29 is 17.9 Å². The predicted molar refractivity (Wildman–Crippen MR) is 74.5 cm³/mol. The van der Waals surface area contributed by atoms with E-state index >= 15 is 0 Å². The minimum atomic E-state index is -3.53. The van der Waals surface area contributed by atoms with Gasteiger partial charge in [-0.15, -0.1) is 0 Å². The van der Waals surface area contributed by atoms with Crippen LogP contribution in [0.1, 0.15) is 18.4 Å². The fourth-order valence-corrected chi connectivity index (χ4v) is 2.58. The van der Waals surface area contributed by atoms with E-state index in [1.54, 1.807) is 0 Å². The summed E-state index contributed by atoms with van der Waals surface area (Å²) in [5, 5.41) is 5.12. The van der Waals surface area contributed by atoms with E-state index < -0.39 is 10.0 Å². The predicted octanol–water partition coefficient (Wildman–Crippen LogP) is 1.11. The molecule has 1 atom stereocenters. The summed E-state index contributed by atoms with van der Waals surface area (Å²) >= 11 is 0. The SMILES string of the molecule is CCOCCOCC(CS(N)(=O)=O)c1ccccc1. The van der Waals surface area contributed by atoms with Gasteiger partial charge in [0.1, 0.15) is 0 Å². The number of hydrogen-bond donors (Lipinski definition) is 1. The molecule has 0 aliphatic heterocycles. The van der Waals surface area contributed by atoms with Crippen LogP contribution in [0, 0.1) is 0 Å². The molecule has 0 spiro atoms. The molecule has 0 aromatic heterocycles. The third-order valence-corrected chi connectivity index (χ3v) is 3.47. The molecule has 19 heavy (non-hydrogen) atoms. The van der Waals surface area contributed by atoms with Gasteiger partial charge in [-0.25, -0.2) is 13.6 Å². The molecule has 6 heteroatoms. The summed E-state index contributed by atoms with van der Waals surface area (Å²) in [6.07, 6.45) is 0. The van der Waals surface area contributed by atoms with Gasteiger partial charge >= 0.3 is 0 Å². The lowest BCUT2D eigenvalue weighted by Crippen LogP contribution is -2.25. The molecule has 0 aliphatic rings. The molecule has 0 amide bonds. The molecule has 108 valence electrons. The molecule has 1 aromatic rings. The van der Waals surface area contributed by atoms with E-state index in [1.807, 2.05) is 37.3 Å². The van der Waals surface area contributed by atoms with Gasteiger partial charge in [0.2, 0.25) is 10.0 Å². The van der Waals surface area contributed by atoms with Crippen LogP contribution in [0.4, 0.5) is 0 Å². The quantitative estimate of drug-likeness (QED) is 0.690. The van der Waals surface area contributed by atoms with Crippen molar-refractivity contribution in [2.45, 2.75) is 12.8 Å². The van der Waals surface area contributed by atoms with E-state index in [0.717, 1.165) is 5.56 Å². The normalized spacial score (nSPS) is 13.4. The van der Waals surface area contributed by atoms with Crippen LogP contribution in [0.5, 0.6) is 0 Å². The summed E-state index contributed by atoms with van der Waals surface area (Å²) in [4.78, 5) is 0. The van der Waals surface area contributed by atoms with Gasteiger partial charge in [-0.05, 0) is 12.5 Å². The Bertz CT molecular complexity index is 447. The van der Waals surface area contributed by atoms with Crippen LogP contribution in [0.2, 0.25) is 0 Å². The summed E-state index contributed by atoms with van der Waals surface area (Å²) in [7, 11) is -3.53. The summed E-state index contributed by atoms with van der Waals surface area (Å²) in [5.74, 6) is -0.371. The lowest BCUT2D eigenvalue weighted by atomic mass is 10.0. The monoisotopic (exact) mass is 287 g/mol. The molecule has 0 radical (unpaired) electrons. The molecule has 5 nitrogen and oxygen atoms in total. The number of hydrogen-bond acceptors (Lipinski definition) is 4. The average Bonchev–Trinajstić information content (AvgIpc) is 2.37. The molecule has 0 aliphatic carbocycles. The highest BCUT2D eigenvalue weighted by molar-refractivity contribution is 7.89. The van der Waals surface area contributed by atoms with Crippen LogP contribution in [0.25, 0.3) is 0 Å². The van der Waals surface area contributed by atoms with Crippen molar-refractivity contribution in [1.82, 2.24) is 0 Å². The second kappa shape index (κ2) is 8.27. The first-order valence-corrected chi connectivity index (χ1v) is 7.95. The van der Waals surface area contributed by atoms with Gasteiger partial charge in [0.15, 0.2) is 0 Å². The number of rotatable bonds is 9. The van der Waals surface area contributed by atoms with E-state index in [-0.39, 0.29) is 11.7 Å². The van der Waals surface area contributed by atoms with E-state index in [0.29, 0.717) is 26.4 Å². The summed E-state index contributed by atoms with van der Waals surface area (Å²) in [6, 6.07) is 9.37. The average molecular weight is 287 g/mol. The molecular weight excluding hydrogens is 266 g/mol. The maximum atomic E-state index is 11.2. The standard InChI is InChI=1S/C13H21NO4S/c1-2-17-8-9-18-10-13(11-19(14,15)16)12-6-4-3-5-7-12/h3-7,13H,2,8-11H2,1H3,(H2,14,15,16). The molecule has 0 heterocycles. The summed E-state index contributed by atoms with van der Waals surface area (Å²) in [5.41, 5.74) is 0.910. The molecule has 0 bridgehead atoms. The van der Waals surface area contributed by atoms with Crippen molar-refractivity contribution in [2.75, 3.05) is 32.2 Å². The van der Waals surface area contributed by atoms with Crippen LogP contribution in [-0.2, 0) is 19.5 Å². The molecule has 1 rings (SSSR count). The van der Waals surface area contributed by atoms with Crippen LogP contribution in [-0.4, -0.2) is 40.6 Å². The number of ether oxygens (including phenoxy) is 2. The Balaban J connectivity index is 2.56. The van der Waals surface area contributed by atoms with E-state index in [4.69, 9.17) is 14.6 Å². The zero-order valence-corrected chi connectivity index (χ0v) is 11.9. The van der Waals surface area contributed by atoms with Crippen molar-refractivity contribution >= 4 is 10.0 Å². The van der Waals surface area contributed by atoms with Crippen molar-refractivity contribution in [3.63, 3.8) is 0 Å². The van der Waals surface area contributed by atoms with Crippen molar-refractivity contribution in [3.05, 3.63) is 35.9 Å². The molecule has 0 fully saturated rings. The fraction of sp³-hybridized carbons (Fsp3) is 0.538. The number of sulfonamides is 1. The van der Waals surface area contributed by atoms with Crippen LogP contribution in [0.15, 0.2) is 30.3 Å². The molecule has 2 N–H and O–H groups in total. The fourth-order valence-electron chi connectivity index (χ4n) is 1.73. The Kier molecular flexibility index (Phi) is 7.01. The topological polar surface area (TPSA) is 78.6 Å². The first-order valence-electron chi connectivity index (χ1n) is 6.24. The molecule has 0 saturated carbocycles. The van der Waals surface area contributed by atoms with Gasteiger partial charge < -0.3 is 9.47 Å². The molecule has 0 saturated heterocycles. The van der Waals surface area contributed by atoms with E-state index in [1.165, 1.54) is 0 Å². The zero-order valence-electron chi connectivity index (χ0n) is 11.1. The maximum absolute atomic E-state index is 11.2. The molecule has 1 aromatic carbocycles. The Morgan fingerprint density at radius 1 is 1.16 bits per heavy atom. The van der Waals surface area contributed by atoms with Gasteiger partial charge in [0.05, 0.1) is 25.6 Å². The smallest absolute Gasteiger partial charge is 0.209 e. The second-order valence-corrected chi connectivity index (χ2v) is 5.87. The summed E-state index contributed by atoms with van der Waals surface area (Å²) in [6.45, 7) is 3.82. The van der Waals surface area contributed by atoms with E-state index in [2.05, 4.69) is 0 Å². The Morgan fingerprint density at radius 3 is 2.37 bits per heavy atom. The minimum Gasteiger partial charge on any atom is -0.379 e. The second-order valence-electron chi connectivity index (χ2n) is 4.21. The summed E-state index contributed by atoms with van der Waals surface area (Å²) < 4.78 is 33.1. The maximum Gasteiger partial charge on any atom is 0.209 e. The Morgan fingerprint density at radius 2 is 1.79 bits per heavy atom. The van der Waals surface area contributed by atoms with Crippen molar-refractivity contribution in [1.29, 1.82) is 0 Å². The van der Waals surface area contributed by atoms with Gasteiger partial charge in [0.25, 0.3) is 0 Å². The van der Waals surface area contributed by atoms with Gasteiger partial charge in [-0.2, -0.15) is 0 Å².